The topological polar surface area (TPSA) is 58.6 Å². The second kappa shape index (κ2) is 7.53. The fourth-order valence-corrected chi connectivity index (χ4v) is 3.89. The first-order chi connectivity index (χ1) is 7.54. The lowest BCUT2D eigenvalue weighted by atomic mass is 10.2. The highest BCUT2D eigenvalue weighted by atomic mass is 35.5. The van der Waals surface area contributed by atoms with Crippen molar-refractivity contribution in [2.24, 2.45) is 0 Å². The van der Waals surface area contributed by atoms with Crippen LogP contribution < -0.4 is 5.32 Å². The predicted molar refractivity (Wildman–Crippen MR) is 71.2 cm³/mol. The van der Waals surface area contributed by atoms with Crippen LogP contribution in [0.1, 0.15) is 19.8 Å². The number of rotatable bonds is 6. The Morgan fingerprint density at radius 1 is 1.53 bits per heavy atom. The van der Waals surface area contributed by atoms with E-state index in [0.29, 0.717) is 6.54 Å². The number of nitrogens with one attached hydrogen (secondary N) is 1. The zero-order valence-electron chi connectivity index (χ0n) is 10.7. The lowest BCUT2D eigenvalue weighted by molar-refractivity contribution is 0.197. The van der Waals surface area contributed by atoms with E-state index in [9.17, 15) is 8.42 Å². The summed E-state index contributed by atoms with van der Waals surface area (Å²) in [5, 5.41) is 2.58. The Balaban J connectivity index is 0.00000256. The zero-order valence-corrected chi connectivity index (χ0v) is 12.3. The molecule has 0 aromatic carbocycles. The summed E-state index contributed by atoms with van der Waals surface area (Å²) in [6.07, 6.45) is 1.89. The molecule has 0 radical (unpaired) electrons. The second-order valence-electron chi connectivity index (χ2n) is 4.28. The molecule has 0 spiro atoms. The molecule has 7 heteroatoms. The number of sulfonamides is 1. The molecule has 1 aliphatic heterocycles. The van der Waals surface area contributed by atoms with Gasteiger partial charge < -0.3 is 10.1 Å². The molecule has 0 saturated carbocycles. The number of methoxy groups -OCH3 is 1. The van der Waals surface area contributed by atoms with Crippen LogP contribution in [0.15, 0.2) is 0 Å². The summed E-state index contributed by atoms with van der Waals surface area (Å²) < 4.78 is 31.0. The molecule has 1 N–H and O–H groups in total. The van der Waals surface area contributed by atoms with Crippen LogP contribution >= 0.6 is 12.4 Å². The van der Waals surface area contributed by atoms with E-state index in [1.54, 1.807) is 11.2 Å². The van der Waals surface area contributed by atoms with E-state index >= 15 is 0 Å². The highest BCUT2D eigenvalue weighted by molar-refractivity contribution is 7.89. The van der Waals surface area contributed by atoms with Crippen LogP contribution in [-0.4, -0.2) is 57.9 Å². The van der Waals surface area contributed by atoms with Crippen LogP contribution in [-0.2, 0) is 14.8 Å². The van der Waals surface area contributed by atoms with Crippen molar-refractivity contribution < 1.29 is 13.2 Å². The van der Waals surface area contributed by atoms with Gasteiger partial charge in [-0.1, -0.05) is 0 Å². The molecule has 0 aliphatic carbocycles. The summed E-state index contributed by atoms with van der Waals surface area (Å²) in [5.74, 6) is 0. The lowest BCUT2D eigenvalue weighted by Crippen LogP contribution is -2.45. The molecule has 5 nitrogen and oxygen atoms in total. The molecule has 0 amide bonds. The van der Waals surface area contributed by atoms with Crippen molar-refractivity contribution in [1.29, 1.82) is 0 Å². The minimum Gasteiger partial charge on any atom is -0.383 e. The highest BCUT2D eigenvalue weighted by Gasteiger charge is 2.36. The number of likely N-dealkylation sites (N-methyl/N-ethyl adjacent to an activating group) is 1. The molecule has 0 aromatic rings. The Kier molecular flexibility index (Phi) is 7.58. The van der Waals surface area contributed by atoms with E-state index in [4.69, 9.17) is 4.74 Å². The average molecular weight is 287 g/mol. The van der Waals surface area contributed by atoms with Crippen molar-refractivity contribution in [3.05, 3.63) is 0 Å². The molecular weight excluding hydrogens is 264 g/mol. The molecular formula is C10H23ClN2O3S. The van der Waals surface area contributed by atoms with Crippen molar-refractivity contribution >= 4 is 22.4 Å². The highest BCUT2D eigenvalue weighted by Crippen LogP contribution is 2.23. The number of hydrogen-bond acceptors (Lipinski definition) is 4. The van der Waals surface area contributed by atoms with Gasteiger partial charge in [0, 0.05) is 26.2 Å². The van der Waals surface area contributed by atoms with Gasteiger partial charge in [0.15, 0.2) is 0 Å². The molecule has 1 saturated heterocycles. The molecule has 1 rings (SSSR count). The maximum Gasteiger partial charge on any atom is 0.219 e. The van der Waals surface area contributed by atoms with Crippen LogP contribution in [0.2, 0.25) is 0 Å². The SMILES string of the molecule is CNCC1CCCN1S(=O)(=O)C(C)COC.Cl. The van der Waals surface area contributed by atoms with Crippen LogP contribution in [0, 0.1) is 0 Å². The molecule has 0 aromatic heterocycles. The first kappa shape index (κ1) is 17.1. The molecule has 1 fully saturated rings. The average Bonchev–Trinajstić information content (AvgIpc) is 2.67. The molecule has 2 atom stereocenters. The third-order valence-corrected chi connectivity index (χ3v) is 5.29. The van der Waals surface area contributed by atoms with Gasteiger partial charge in [-0.05, 0) is 26.8 Å². The number of ether oxygens (including phenoxy) is 1. The monoisotopic (exact) mass is 286 g/mol. The van der Waals surface area contributed by atoms with Crippen molar-refractivity contribution in [3.8, 4) is 0 Å². The summed E-state index contributed by atoms with van der Waals surface area (Å²) >= 11 is 0. The Bertz CT molecular complexity index is 311. The molecule has 1 heterocycles. The normalized spacial score (nSPS) is 23.4. The van der Waals surface area contributed by atoms with E-state index in [1.807, 2.05) is 7.05 Å². The third-order valence-electron chi connectivity index (χ3n) is 3.00. The van der Waals surface area contributed by atoms with Crippen molar-refractivity contribution in [2.45, 2.75) is 31.1 Å². The summed E-state index contributed by atoms with van der Waals surface area (Å²) in [7, 11) is 0.174. The lowest BCUT2D eigenvalue weighted by Gasteiger charge is -2.26. The summed E-state index contributed by atoms with van der Waals surface area (Å²) in [5.41, 5.74) is 0. The number of halogens is 1. The van der Waals surface area contributed by atoms with Gasteiger partial charge in [-0.2, -0.15) is 4.31 Å². The molecule has 1 aliphatic rings. The minimum atomic E-state index is -3.20. The third kappa shape index (κ3) is 4.06. The first-order valence-electron chi connectivity index (χ1n) is 5.68. The van der Waals surface area contributed by atoms with Gasteiger partial charge >= 0.3 is 0 Å². The molecule has 2 unspecified atom stereocenters. The van der Waals surface area contributed by atoms with Gasteiger partial charge in [0.25, 0.3) is 0 Å². The number of hydrogen-bond donors (Lipinski definition) is 1. The summed E-state index contributed by atoms with van der Waals surface area (Å²) in [6, 6.07) is 0.106. The quantitative estimate of drug-likeness (QED) is 0.771. The first-order valence-corrected chi connectivity index (χ1v) is 7.18. The summed E-state index contributed by atoms with van der Waals surface area (Å²) in [6.45, 7) is 3.32. The second-order valence-corrected chi connectivity index (χ2v) is 6.58. The van der Waals surface area contributed by atoms with Gasteiger partial charge in [-0.3, -0.25) is 0 Å². The van der Waals surface area contributed by atoms with E-state index in [-0.39, 0.29) is 25.1 Å². The van der Waals surface area contributed by atoms with Crippen molar-refractivity contribution in [2.75, 3.05) is 33.9 Å². The molecule has 17 heavy (non-hydrogen) atoms. The fraction of sp³-hybridized carbons (Fsp3) is 1.00. The minimum absolute atomic E-state index is 0. The summed E-state index contributed by atoms with van der Waals surface area (Å²) in [4.78, 5) is 0. The van der Waals surface area contributed by atoms with E-state index in [0.717, 1.165) is 19.4 Å². The van der Waals surface area contributed by atoms with E-state index < -0.39 is 15.3 Å². The fourth-order valence-electron chi connectivity index (χ4n) is 2.14. The van der Waals surface area contributed by atoms with Gasteiger partial charge in [-0.25, -0.2) is 8.42 Å². The van der Waals surface area contributed by atoms with Gasteiger partial charge in [0.1, 0.15) is 0 Å². The molecule has 104 valence electrons. The van der Waals surface area contributed by atoms with Crippen LogP contribution in [0.5, 0.6) is 0 Å². The van der Waals surface area contributed by atoms with Gasteiger partial charge in [-0.15, -0.1) is 12.4 Å². The predicted octanol–water partition coefficient (Wildman–Crippen LogP) is 0.457. The van der Waals surface area contributed by atoms with Crippen molar-refractivity contribution in [3.63, 3.8) is 0 Å². The maximum atomic E-state index is 12.2. The van der Waals surface area contributed by atoms with E-state index in [2.05, 4.69) is 5.32 Å². The van der Waals surface area contributed by atoms with Gasteiger partial charge in [0.2, 0.25) is 10.0 Å². The largest absolute Gasteiger partial charge is 0.383 e. The van der Waals surface area contributed by atoms with Crippen LogP contribution in [0.4, 0.5) is 0 Å². The van der Waals surface area contributed by atoms with Crippen molar-refractivity contribution in [1.82, 2.24) is 9.62 Å². The standard InChI is InChI=1S/C10H22N2O3S.ClH/c1-9(8-15-3)16(13,14)12-6-4-5-10(12)7-11-2;/h9-11H,4-8H2,1-3H3;1H. The van der Waals surface area contributed by atoms with Gasteiger partial charge in [0.05, 0.1) is 11.9 Å². The maximum absolute atomic E-state index is 12.2. The Morgan fingerprint density at radius 2 is 2.18 bits per heavy atom. The zero-order chi connectivity index (χ0) is 12.2. The smallest absolute Gasteiger partial charge is 0.219 e. The molecule has 0 bridgehead atoms. The Morgan fingerprint density at radius 3 is 2.71 bits per heavy atom. The number of nitrogens with zero attached hydrogens (tertiary/aromatic N) is 1. The van der Waals surface area contributed by atoms with Crippen LogP contribution in [0.25, 0.3) is 0 Å². The Labute approximate surface area is 110 Å². The van der Waals surface area contributed by atoms with E-state index in [1.165, 1.54) is 7.11 Å². The Hall–Kier alpha value is 0.120. The van der Waals surface area contributed by atoms with Crippen LogP contribution in [0.3, 0.4) is 0 Å².